The maximum absolute atomic E-state index is 9.98. The average Bonchev–Trinajstić information content (AvgIpc) is 2.58. The van der Waals surface area contributed by atoms with Gasteiger partial charge in [0.25, 0.3) is 0 Å². The fourth-order valence-electron chi connectivity index (χ4n) is 2.04. The van der Waals surface area contributed by atoms with Gasteiger partial charge in [-0.3, -0.25) is 0 Å². The lowest BCUT2D eigenvalue weighted by atomic mass is 10.4. The molecular weight excluding hydrogens is 344 g/mol. The molecule has 0 bridgehead atoms. The molecule has 0 aliphatic rings. The lowest BCUT2D eigenvalue weighted by molar-refractivity contribution is -0.00899. The lowest BCUT2D eigenvalue weighted by Gasteiger charge is -2.27. The van der Waals surface area contributed by atoms with Crippen molar-refractivity contribution in [2.75, 3.05) is 55.9 Å². The van der Waals surface area contributed by atoms with Crippen molar-refractivity contribution in [1.29, 1.82) is 0 Å². The van der Waals surface area contributed by atoms with Crippen LogP contribution in [0.25, 0.3) is 0 Å². The zero-order valence-electron chi connectivity index (χ0n) is 14.7. The van der Waals surface area contributed by atoms with E-state index >= 15 is 0 Å². The first kappa shape index (κ1) is 23.1. The fraction of sp³-hybridized carbons (Fsp3) is 1.00. The summed E-state index contributed by atoms with van der Waals surface area (Å²) < 4.78 is 36.7. The Morgan fingerprint density at radius 3 is 1.09 bits per heavy atom. The monoisotopic (exact) mass is 374 g/mol. The van der Waals surface area contributed by atoms with Crippen LogP contribution in [0.15, 0.2) is 0 Å². The van der Waals surface area contributed by atoms with Gasteiger partial charge in [0, 0.05) is 54.7 Å². The van der Waals surface area contributed by atoms with Crippen LogP contribution < -0.4 is 0 Å². The minimum atomic E-state index is -2.86. The Kier molecular flexibility index (Phi) is 11.6. The average molecular weight is 375 g/mol. The highest BCUT2D eigenvalue weighted by Gasteiger charge is 2.41. The highest BCUT2D eigenvalue weighted by molar-refractivity contribution is 6.61. The molecule has 0 aromatic carbocycles. The van der Waals surface area contributed by atoms with Gasteiger partial charge in [0.2, 0.25) is 0 Å². The van der Waals surface area contributed by atoms with Crippen LogP contribution in [-0.2, 0) is 31.3 Å². The molecule has 0 fully saturated rings. The molecule has 0 rings (SSSR count). The van der Waals surface area contributed by atoms with Crippen molar-refractivity contribution in [3.05, 3.63) is 0 Å². The summed E-state index contributed by atoms with van der Waals surface area (Å²) in [4.78, 5) is 0. The second kappa shape index (κ2) is 11.6. The Labute approximate surface area is 140 Å². The van der Waals surface area contributed by atoms with Crippen LogP contribution >= 0.6 is 0 Å². The third kappa shape index (κ3) is 7.66. The van der Waals surface area contributed by atoms with Crippen LogP contribution in [0.2, 0.25) is 12.1 Å². The van der Waals surface area contributed by atoms with Gasteiger partial charge in [-0.25, -0.2) is 0 Å². The molecular formula is C12H30O9Si2. The Morgan fingerprint density at radius 1 is 0.609 bits per heavy atom. The normalized spacial score (nSPS) is 15.7. The highest BCUT2D eigenvalue weighted by atomic mass is 28.4. The quantitative estimate of drug-likeness (QED) is 0.389. The molecule has 0 saturated heterocycles. The van der Waals surface area contributed by atoms with Crippen molar-refractivity contribution >= 4 is 17.6 Å². The standard InChI is InChI=1S/C12H30O9Si2/c1-15-22(16-2,17-3)9-11(13)7-21-8-12(14)10-23(18-4,19-5)20-6/h11-14H,7-10H2,1-6H3. The topological polar surface area (TPSA) is 105 Å². The van der Waals surface area contributed by atoms with Crippen LogP contribution in [-0.4, -0.2) is 95.9 Å². The maximum atomic E-state index is 9.98. The first-order valence-electron chi connectivity index (χ1n) is 7.11. The van der Waals surface area contributed by atoms with Gasteiger partial charge in [-0.15, -0.1) is 0 Å². The Balaban J connectivity index is 4.23. The molecule has 2 N–H and O–H groups in total. The number of hydrogen-bond donors (Lipinski definition) is 2. The van der Waals surface area contributed by atoms with E-state index in [0.29, 0.717) is 0 Å². The minimum absolute atomic E-state index is 0.0173. The summed E-state index contributed by atoms with van der Waals surface area (Å²) in [6.07, 6.45) is -1.66. The van der Waals surface area contributed by atoms with E-state index in [9.17, 15) is 10.2 Å². The molecule has 9 nitrogen and oxygen atoms in total. The third-order valence-electron chi connectivity index (χ3n) is 3.46. The molecule has 0 aliphatic carbocycles. The van der Waals surface area contributed by atoms with E-state index in [2.05, 4.69) is 0 Å². The van der Waals surface area contributed by atoms with Gasteiger partial charge < -0.3 is 41.5 Å². The van der Waals surface area contributed by atoms with Gasteiger partial charge in [0.1, 0.15) is 0 Å². The number of aliphatic hydroxyl groups is 2. The summed E-state index contributed by atoms with van der Waals surface area (Å²) in [6, 6.07) is 0.388. The molecule has 0 saturated carbocycles. The molecule has 2 atom stereocenters. The van der Waals surface area contributed by atoms with E-state index in [0.717, 1.165) is 0 Å². The van der Waals surface area contributed by atoms with Crippen LogP contribution in [0, 0.1) is 0 Å². The first-order valence-corrected chi connectivity index (χ1v) is 11.0. The van der Waals surface area contributed by atoms with Crippen molar-refractivity contribution in [3.63, 3.8) is 0 Å². The molecule has 0 radical (unpaired) electrons. The fourth-order valence-corrected chi connectivity index (χ4v) is 5.43. The molecule has 0 aromatic rings. The largest absolute Gasteiger partial charge is 0.502 e. The Hall–Kier alpha value is 0.0738. The molecule has 23 heavy (non-hydrogen) atoms. The SMILES string of the molecule is CO[Si](CC(O)COCC(O)C[Si](OC)(OC)OC)(OC)OC. The van der Waals surface area contributed by atoms with Crippen LogP contribution in [0.1, 0.15) is 0 Å². The summed E-state index contributed by atoms with van der Waals surface area (Å²) in [7, 11) is 3.12. The third-order valence-corrected chi connectivity index (χ3v) is 9.13. The second-order valence-electron chi connectivity index (χ2n) is 4.84. The van der Waals surface area contributed by atoms with Gasteiger partial charge in [0.05, 0.1) is 25.4 Å². The number of aliphatic hydroxyl groups excluding tert-OH is 2. The Bertz CT molecular complexity index is 256. The number of rotatable bonds is 14. The zero-order chi connectivity index (χ0) is 17.9. The summed E-state index contributed by atoms with van der Waals surface area (Å²) >= 11 is 0. The molecule has 0 aromatic heterocycles. The minimum Gasteiger partial charge on any atom is -0.391 e. The molecule has 11 heteroatoms. The van der Waals surface area contributed by atoms with Crippen LogP contribution in [0.5, 0.6) is 0 Å². The van der Waals surface area contributed by atoms with E-state index < -0.39 is 29.8 Å². The van der Waals surface area contributed by atoms with Gasteiger partial charge >= 0.3 is 17.6 Å². The summed E-state index contributed by atoms with van der Waals surface area (Å²) in [5, 5.41) is 20.0. The van der Waals surface area contributed by atoms with E-state index in [4.69, 9.17) is 31.3 Å². The van der Waals surface area contributed by atoms with Crippen molar-refractivity contribution in [1.82, 2.24) is 0 Å². The first-order chi connectivity index (χ1) is 10.9. The summed E-state index contributed by atoms with van der Waals surface area (Å²) in [5.41, 5.74) is 0. The predicted molar refractivity (Wildman–Crippen MR) is 86.0 cm³/mol. The van der Waals surface area contributed by atoms with Crippen molar-refractivity contribution in [2.24, 2.45) is 0 Å². The predicted octanol–water partition coefficient (Wildman–Crippen LogP) is -0.519. The highest BCUT2D eigenvalue weighted by Crippen LogP contribution is 2.17. The second-order valence-corrected chi connectivity index (χ2v) is 10.8. The van der Waals surface area contributed by atoms with Gasteiger partial charge in [-0.2, -0.15) is 0 Å². The van der Waals surface area contributed by atoms with E-state index in [-0.39, 0.29) is 25.3 Å². The number of ether oxygens (including phenoxy) is 1. The number of hydrogen-bond acceptors (Lipinski definition) is 9. The van der Waals surface area contributed by atoms with Gasteiger partial charge in [-0.1, -0.05) is 0 Å². The molecule has 0 aliphatic heterocycles. The molecule has 0 amide bonds. The molecule has 140 valence electrons. The van der Waals surface area contributed by atoms with E-state index in [1.165, 1.54) is 42.7 Å². The zero-order valence-corrected chi connectivity index (χ0v) is 16.7. The van der Waals surface area contributed by atoms with Crippen molar-refractivity contribution < 1.29 is 41.5 Å². The summed E-state index contributed by atoms with van der Waals surface area (Å²) in [6.45, 7) is 0.0345. The maximum Gasteiger partial charge on any atom is 0.502 e. The smallest absolute Gasteiger partial charge is 0.391 e. The molecule has 0 heterocycles. The van der Waals surface area contributed by atoms with Crippen molar-refractivity contribution in [3.8, 4) is 0 Å². The van der Waals surface area contributed by atoms with Crippen LogP contribution in [0.4, 0.5) is 0 Å². The summed E-state index contributed by atoms with van der Waals surface area (Å²) in [5.74, 6) is 0. The van der Waals surface area contributed by atoms with Gasteiger partial charge in [0.15, 0.2) is 0 Å². The Morgan fingerprint density at radius 2 is 0.870 bits per heavy atom. The molecule has 0 spiro atoms. The lowest BCUT2D eigenvalue weighted by Crippen LogP contribution is -2.47. The van der Waals surface area contributed by atoms with E-state index in [1.807, 2.05) is 0 Å². The molecule has 2 unspecified atom stereocenters. The van der Waals surface area contributed by atoms with E-state index in [1.54, 1.807) is 0 Å². The van der Waals surface area contributed by atoms with Crippen LogP contribution in [0.3, 0.4) is 0 Å². The van der Waals surface area contributed by atoms with Gasteiger partial charge in [-0.05, 0) is 0 Å². The van der Waals surface area contributed by atoms with Crippen molar-refractivity contribution in [2.45, 2.75) is 24.3 Å².